The van der Waals surface area contributed by atoms with Crippen molar-refractivity contribution in [3.8, 4) is 28.4 Å². The van der Waals surface area contributed by atoms with Gasteiger partial charge in [-0.2, -0.15) is 0 Å². The molecule has 1 aliphatic carbocycles. The number of ether oxygens (including phenoxy) is 3. The van der Waals surface area contributed by atoms with E-state index in [-0.39, 0.29) is 23.2 Å². The number of carbonyl (C=O) groups excluding carboxylic acids is 1. The standard InChI is InChI=1S/C32H30ClNO6/c1-38-28-13-9-19(20-10-14-29(39-2)25(17-20)32(36)37)16-24(28)30(27-8-5-15-34-27)31(35)23-12-11-22(18-26(23)33)40-21-6-3-4-7-21/h5,8-18,21,30,34H,3-4,6-7H2,1-2H3,(H,36,37). The zero-order valence-corrected chi connectivity index (χ0v) is 23.0. The minimum Gasteiger partial charge on any atom is -0.496 e. The molecule has 1 unspecified atom stereocenters. The summed E-state index contributed by atoms with van der Waals surface area (Å²) in [5.74, 6) is -0.641. The summed E-state index contributed by atoms with van der Waals surface area (Å²) in [6.07, 6.45) is 6.28. The Kier molecular flexibility index (Phi) is 8.12. The van der Waals surface area contributed by atoms with Gasteiger partial charge in [-0.25, -0.2) is 4.79 Å². The number of carboxylic acids is 1. The number of halogens is 1. The van der Waals surface area contributed by atoms with Gasteiger partial charge in [0, 0.05) is 23.0 Å². The van der Waals surface area contributed by atoms with Crippen LogP contribution < -0.4 is 14.2 Å². The molecular formula is C32H30ClNO6. The number of H-pyrrole nitrogens is 1. The largest absolute Gasteiger partial charge is 0.496 e. The third kappa shape index (κ3) is 5.56. The summed E-state index contributed by atoms with van der Waals surface area (Å²) in [6.45, 7) is 0. The summed E-state index contributed by atoms with van der Waals surface area (Å²) in [7, 11) is 2.98. The van der Waals surface area contributed by atoms with Gasteiger partial charge < -0.3 is 24.3 Å². The van der Waals surface area contributed by atoms with Crippen LogP contribution in [-0.2, 0) is 0 Å². The summed E-state index contributed by atoms with van der Waals surface area (Å²) in [5.41, 5.74) is 3.07. The highest BCUT2D eigenvalue weighted by Gasteiger charge is 2.30. The van der Waals surface area contributed by atoms with E-state index in [1.807, 2.05) is 24.3 Å². The van der Waals surface area contributed by atoms with Gasteiger partial charge in [0.25, 0.3) is 0 Å². The van der Waals surface area contributed by atoms with E-state index in [1.54, 1.807) is 55.8 Å². The fourth-order valence-corrected chi connectivity index (χ4v) is 5.55. The molecule has 40 heavy (non-hydrogen) atoms. The molecule has 1 heterocycles. The number of ketones is 1. The highest BCUT2D eigenvalue weighted by Crippen LogP contribution is 2.39. The number of benzene rings is 3. The Labute approximate surface area is 237 Å². The SMILES string of the molecule is COc1ccc(-c2ccc(OC)c(C(C(=O)c3ccc(OC4CCCC4)cc3Cl)c3ccc[nH]3)c2)cc1C(=O)O. The Balaban J connectivity index is 1.56. The third-order valence-corrected chi connectivity index (χ3v) is 7.62. The molecule has 1 atom stereocenters. The molecular weight excluding hydrogens is 530 g/mol. The van der Waals surface area contributed by atoms with Gasteiger partial charge >= 0.3 is 5.97 Å². The highest BCUT2D eigenvalue weighted by molar-refractivity contribution is 6.34. The lowest BCUT2D eigenvalue weighted by molar-refractivity contribution is 0.0693. The van der Waals surface area contributed by atoms with Gasteiger partial charge in [0.2, 0.25) is 0 Å². The summed E-state index contributed by atoms with van der Waals surface area (Å²) in [6, 6.07) is 19.3. The monoisotopic (exact) mass is 559 g/mol. The summed E-state index contributed by atoms with van der Waals surface area (Å²) < 4.78 is 17.0. The maximum atomic E-state index is 14.2. The molecule has 0 bridgehead atoms. The topological polar surface area (TPSA) is 97.9 Å². The van der Waals surface area contributed by atoms with Gasteiger partial charge in [-0.05, 0) is 91.4 Å². The van der Waals surface area contributed by atoms with Crippen LogP contribution in [0.15, 0.2) is 72.9 Å². The first-order valence-electron chi connectivity index (χ1n) is 13.1. The van der Waals surface area contributed by atoms with E-state index in [2.05, 4.69) is 4.98 Å². The predicted octanol–water partition coefficient (Wildman–Crippen LogP) is 7.39. The van der Waals surface area contributed by atoms with E-state index in [4.69, 9.17) is 25.8 Å². The number of aromatic amines is 1. The van der Waals surface area contributed by atoms with Crippen molar-refractivity contribution < 1.29 is 28.9 Å². The van der Waals surface area contributed by atoms with E-state index < -0.39 is 11.9 Å². The molecule has 0 amide bonds. The minimum absolute atomic E-state index is 0.0426. The van der Waals surface area contributed by atoms with Gasteiger partial charge in [0.05, 0.1) is 31.3 Å². The second-order valence-corrected chi connectivity index (χ2v) is 10.2. The summed E-state index contributed by atoms with van der Waals surface area (Å²) in [5, 5.41) is 9.98. The molecule has 2 N–H and O–H groups in total. The second kappa shape index (κ2) is 11.9. The Morgan fingerprint density at radius 1 is 0.900 bits per heavy atom. The van der Waals surface area contributed by atoms with Crippen LogP contribution in [0.1, 0.15) is 63.6 Å². The average molecular weight is 560 g/mol. The van der Waals surface area contributed by atoms with E-state index in [1.165, 1.54) is 7.11 Å². The van der Waals surface area contributed by atoms with Gasteiger partial charge in [-0.3, -0.25) is 4.79 Å². The Morgan fingerprint density at radius 2 is 1.60 bits per heavy atom. The third-order valence-electron chi connectivity index (χ3n) is 7.31. The van der Waals surface area contributed by atoms with Gasteiger partial charge in [-0.1, -0.05) is 23.7 Å². The zero-order valence-electron chi connectivity index (χ0n) is 22.3. The van der Waals surface area contributed by atoms with Crippen LogP contribution in [0.5, 0.6) is 17.2 Å². The minimum atomic E-state index is -1.10. The Morgan fingerprint density at radius 3 is 2.23 bits per heavy atom. The van der Waals surface area contributed by atoms with Crippen LogP contribution in [0.4, 0.5) is 0 Å². The number of aromatic nitrogens is 1. The first-order valence-corrected chi connectivity index (χ1v) is 13.5. The molecule has 4 aromatic rings. The molecule has 0 saturated heterocycles. The molecule has 1 fully saturated rings. The Hall–Kier alpha value is -4.23. The van der Waals surface area contributed by atoms with Crippen molar-refractivity contribution in [1.29, 1.82) is 0 Å². The lowest BCUT2D eigenvalue weighted by Crippen LogP contribution is -2.17. The van der Waals surface area contributed by atoms with Crippen LogP contribution in [0, 0.1) is 0 Å². The van der Waals surface area contributed by atoms with Gasteiger partial charge in [0.15, 0.2) is 5.78 Å². The van der Waals surface area contributed by atoms with Gasteiger partial charge in [0.1, 0.15) is 22.8 Å². The van der Waals surface area contributed by atoms with Gasteiger partial charge in [-0.15, -0.1) is 0 Å². The summed E-state index contributed by atoms with van der Waals surface area (Å²) >= 11 is 6.67. The number of aromatic carboxylic acids is 1. The molecule has 0 aliphatic heterocycles. The molecule has 0 spiro atoms. The molecule has 0 radical (unpaired) electrons. The lowest BCUT2D eigenvalue weighted by atomic mass is 9.85. The zero-order chi connectivity index (χ0) is 28.2. The fourth-order valence-electron chi connectivity index (χ4n) is 5.29. The van der Waals surface area contributed by atoms with Crippen LogP contribution in [0.2, 0.25) is 5.02 Å². The van der Waals surface area contributed by atoms with Crippen LogP contribution in [-0.4, -0.2) is 42.2 Å². The number of nitrogens with one attached hydrogen (secondary N) is 1. The van der Waals surface area contributed by atoms with Crippen molar-refractivity contribution >= 4 is 23.4 Å². The second-order valence-electron chi connectivity index (χ2n) is 9.77. The number of Topliss-reactive ketones (excluding diaryl/α,β-unsaturated/α-hetero) is 1. The molecule has 5 rings (SSSR count). The number of carboxylic acid groups (broad SMARTS) is 1. The first-order chi connectivity index (χ1) is 19.4. The van der Waals surface area contributed by atoms with Crippen molar-refractivity contribution in [2.75, 3.05) is 14.2 Å². The van der Waals surface area contributed by atoms with E-state index in [0.29, 0.717) is 38.9 Å². The van der Waals surface area contributed by atoms with Crippen molar-refractivity contribution in [2.24, 2.45) is 0 Å². The maximum Gasteiger partial charge on any atom is 0.339 e. The maximum absolute atomic E-state index is 14.2. The normalized spacial score (nSPS) is 14.1. The van der Waals surface area contributed by atoms with E-state index >= 15 is 0 Å². The molecule has 1 aromatic heterocycles. The molecule has 7 nitrogen and oxygen atoms in total. The smallest absolute Gasteiger partial charge is 0.339 e. The van der Waals surface area contributed by atoms with Crippen molar-refractivity contribution in [3.63, 3.8) is 0 Å². The van der Waals surface area contributed by atoms with E-state index in [9.17, 15) is 14.7 Å². The van der Waals surface area contributed by atoms with Crippen molar-refractivity contribution in [1.82, 2.24) is 4.98 Å². The average Bonchev–Trinajstić information content (AvgIpc) is 3.68. The molecule has 1 saturated carbocycles. The molecule has 3 aromatic carbocycles. The van der Waals surface area contributed by atoms with Crippen LogP contribution >= 0.6 is 11.6 Å². The van der Waals surface area contributed by atoms with Crippen LogP contribution in [0.3, 0.4) is 0 Å². The summed E-state index contributed by atoms with van der Waals surface area (Å²) in [4.78, 5) is 29.2. The number of methoxy groups -OCH3 is 2. The number of hydrogen-bond donors (Lipinski definition) is 2. The highest BCUT2D eigenvalue weighted by atomic mass is 35.5. The number of rotatable bonds is 10. The van der Waals surface area contributed by atoms with E-state index in [0.717, 1.165) is 31.2 Å². The molecule has 8 heteroatoms. The first kappa shape index (κ1) is 27.3. The van der Waals surface area contributed by atoms with Crippen molar-refractivity contribution in [3.05, 3.63) is 100 Å². The van der Waals surface area contributed by atoms with Crippen LogP contribution in [0.25, 0.3) is 11.1 Å². The fraction of sp³-hybridized carbons (Fsp3) is 0.250. The quantitative estimate of drug-likeness (QED) is 0.197. The molecule has 1 aliphatic rings. The molecule has 206 valence electrons. The predicted molar refractivity (Wildman–Crippen MR) is 153 cm³/mol. The number of hydrogen-bond acceptors (Lipinski definition) is 5. The number of carbonyl (C=O) groups is 2. The Bertz CT molecular complexity index is 1520. The van der Waals surface area contributed by atoms with Crippen molar-refractivity contribution in [2.45, 2.75) is 37.7 Å². The lowest BCUT2D eigenvalue weighted by Gasteiger charge is -2.21.